The lowest BCUT2D eigenvalue weighted by Crippen LogP contribution is -2.25. The van der Waals surface area contributed by atoms with Crippen LogP contribution >= 0.6 is 0 Å². The Balaban J connectivity index is 1.66. The van der Waals surface area contributed by atoms with Gasteiger partial charge in [0.2, 0.25) is 0 Å². The summed E-state index contributed by atoms with van der Waals surface area (Å²) in [5.74, 6) is 6.64. The quantitative estimate of drug-likeness (QED) is 0.610. The van der Waals surface area contributed by atoms with Crippen molar-refractivity contribution in [2.24, 2.45) is 5.92 Å². The zero-order valence-corrected chi connectivity index (χ0v) is 13.3. The topological polar surface area (TPSA) is 18.5 Å². The van der Waals surface area contributed by atoms with E-state index in [0.717, 1.165) is 16.7 Å². The molecule has 0 spiro atoms. The molecule has 0 aromatic heterocycles. The van der Waals surface area contributed by atoms with Crippen LogP contribution < -0.4 is 0 Å². The van der Waals surface area contributed by atoms with E-state index in [0.29, 0.717) is 13.2 Å². The third-order valence-corrected chi connectivity index (χ3v) is 3.84. The first-order valence-corrected chi connectivity index (χ1v) is 7.79. The average Bonchev–Trinajstić information content (AvgIpc) is 2.62. The van der Waals surface area contributed by atoms with Crippen LogP contribution in [0.2, 0.25) is 0 Å². The molecule has 1 saturated heterocycles. The molecule has 1 aliphatic heterocycles. The smallest absolute Gasteiger partial charge is 0.183 e. The number of benzene rings is 2. The van der Waals surface area contributed by atoms with Gasteiger partial charge in [0.05, 0.1) is 13.2 Å². The van der Waals surface area contributed by atoms with Crippen LogP contribution in [0.4, 0.5) is 0 Å². The normalized spacial score (nSPS) is 20.4. The molecule has 0 N–H and O–H groups in total. The van der Waals surface area contributed by atoms with Gasteiger partial charge in [0.15, 0.2) is 6.29 Å². The zero-order chi connectivity index (χ0) is 16.1. The number of hydrogen-bond acceptors (Lipinski definition) is 2. The van der Waals surface area contributed by atoms with Crippen LogP contribution in [0.5, 0.6) is 0 Å². The molecule has 1 heterocycles. The lowest BCUT2D eigenvalue weighted by Gasteiger charge is -2.27. The van der Waals surface area contributed by atoms with Crippen molar-refractivity contribution in [3.05, 3.63) is 83.4 Å². The largest absolute Gasteiger partial charge is 0.348 e. The van der Waals surface area contributed by atoms with Gasteiger partial charge in [0.25, 0.3) is 0 Å². The summed E-state index contributed by atoms with van der Waals surface area (Å²) in [5, 5.41) is 0. The maximum atomic E-state index is 5.72. The van der Waals surface area contributed by atoms with Gasteiger partial charge in [-0.05, 0) is 31.2 Å². The number of aryl methyl sites for hydroxylation is 1. The molecule has 1 fully saturated rings. The molecular formula is C21H20O2. The Morgan fingerprint density at radius 3 is 1.96 bits per heavy atom. The molecule has 23 heavy (non-hydrogen) atoms. The monoisotopic (exact) mass is 304 g/mol. The predicted octanol–water partition coefficient (Wildman–Crippen LogP) is 4.24. The minimum absolute atomic E-state index is 0.283. The average molecular weight is 304 g/mol. The third-order valence-electron chi connectivity index (χ3n) is 3.84. The van der Waals surface area contributed by atoms with E-state index in [1.807, 2.05) is 42.5 Å². The summed E-state index contributed by atoms with van der Waals surface area (Å²) in [5.41, 5.74) is 4.27. The van der Waals surface area contributed by atoms with Crippen molar-refractivity contribution < 1.29 is 9.47 Å². The molecule has 3 rings (SSSR count). The summed E-state index contributed by atoms with van der Waals surface area (Å²) in [7, 11) is 0. The molecule has 0 bridgehead atoms. The van der Waals surface area contributed by atoms with Gasteiger partial charge in [0.1, 0.15) is 0 Å². The van der Waals surface area contributed by atoms with Crippen molar-refractivity contribution in [1.29, 1.82) is 0 Å². The molecule has 0 radical (unpaired) electrons. The first-order chi connectivity index (χ1) is 11.2. The van der Waals surface area contributed by atoms with Gasteiger partial charge < -0.3 is 9.47 Å². The molecule has 2 aromatic carbocycles. The number of hydrogen-bond donors (Lipinski definition) is 0. The molecule has 2 aromatic rings. The Bertz CT molecular complexity index is 709. The Labute approximate surface area is 137 Å². The summed E-state index contributed by atoms with van der Waals surface area (Å²) >= 11 is 0. The first-order valence-electron chi connectivity index (χ1n) is 7.79. The molecule has 2 heteroatoms. The van der Waals surface area contributed by atoms with Gasteiger partial charge in [-0.1, -0.05) is 47.7 Å². The zero-order valence-electron chi connectivity index (χ0n) is 13.3. The Kier molecular flexibility index (Phi) is 4.92. The number of rotatable bonds is 2. The van der Waals surface area contributed by atoms with Crippen molar-refractivity contribution in [2.45, 2.75) is 13.2 Å². The highest BCUT2D eigenvalue weighted by Gasteiger charge is 2.21. The van der Waals surface area contributed by atoms with Crippen molar-refractivity contribution in [2.75, 3.05) is 13.2 Å². The summed E-state index contributed by atoms with van der Waals surface area (Å²) in [4.78, 5) is 0. The minimum Gasteiger partial charge on any atom is -0.348 e. The van der Waals surface area contributed by atoms with E-state index in [1.165, 1.54) is 5.56 Å². The van der Waals surface area contributed by atoms with E-state index in [2.05, 4.69) is 37.5 Å². The standard InChI is InChI=1S/C21H20O2/c1-3-17-14-22-21(23-15-17)20-12-10-19(11-13-20)9-8-18-6-4-16(2)5-7-18/h3-7,10-13,17,21H,1,14-15H2,2H3. The second kappa shape index (κ2) is 7.28. The fourth-order valence-corrected chi connectivity index (χ4v) is 2.35. The van der Waals surface area contributed by atoms with Gasteiger partial charge in [-0.3, -0.25) is 0 Å². The molecular weight excluding hydrogens is 284 g/mol. The Morgan fingerprint density at radius 2 is 1.43 bits per heavy atom. The second-order valence-electron chi connectivity index (χ2n) is 5.73. The van der Waals surface area contributed by atoms with E-state index in [1.54, 1.807) is 0 Å². The van der Waals surface area contributed by atoms with Gasteiger partial charge in [-0.25, -0.2) is 0 Å². The number of ether oxygens (including phenoxy) is 2. The summed E-state index contributed by atoms with van der Waals surface area (Å²) in [6.07, 6.45) is 1.59. The SMILES string of the molecule is C=CC1COC(c2ccc(C#Cc3ccc(C)cc3)cc2)OC1. The highest BCUT2D eigenvalue weighted by molar-refractivity contribution is 5.44. The van der Waals surface area contributed by atoms with Gasteiger partial charge >= 0.3 is 0 Å². The van der Waals surface area contributed by atoms with E-state index in [9.17, 15) is 0 Å². The highest BCUT2D eigenvalue weighted by atomic mass is 16.7. The molecule has 0 atom stereocenters. The maximum Gasteiger partial charge on any atom is 0.183 e. The van der Waals surface area contributed by atoms with E-state index in [4.69, 9.17) is 9.47 Å². The Morgan fingerprint density at radius 1 is 0.913 bits per heavy atom. The van der Waals surface area contributed by atoms with E-state index in [-0.39, 0.29) is 12.2 Å². The first kappa shape index (κ1) is 15.6. The third kappa shape index (κ3) is 4.10. The minimum atomic E-state index is -0.287. The molecule has 0 unspecified atom stereocenters. The molecule has 116 valence electrons. The fraction of sp³-hybridized carbons (Fsp3) is 0.238. The summed E-state index contributed by atoms with van der Waals surface area (Å²) in [6, 6.07) is 16.2. The molecule has 1 aliphatic rings. The summed E-state index contributed by atoms with van der Waals surface area (Å²) < 4.78 is 11.4. The van der Waals surface area contributed by atoms with Crippen molar-refractivity contribution in [1.82, 2.24) is 0 Å². The van der Waals surface area contributed by atoms with Crippen molar-refractivity contribution in [3.8, 4) is 11.8 Å². The molecule has 2 nitrogen and oxygen atoms in total. The molecule has 0 aliphatic carbocycles. The van der Waals surface area contributed by atoms with Crippen LogP contribution in [0, 0.1) is 24.7 Å². The van der Waals surface area contributed by atoms with Gasteiger partial charge in [-0.15, -0.1) is 6.58 Å². The fourth-order valence-electron chi connectivity index (χ4n) is 2.35. The van der Waals surface area contributed by atoms with Crippen LogP contribution in [-0.4, -0.2) is 13.2 Å². The lowest BCUT2D eigenvalue weighted by atomic mass is 10.1. The van der Waals surface area contributed by atoms with Crippen LogP contribution in [0.15, 0.2) is 61.2 Å². The van der Waals surface area contributed by atoms with Gasteiger partial charge in [-0.2, -0.15) is 0 Å². The van der Waals surface area contributed by atoms with E-state index >= 15 is 0 Å². The Hall–Kier alpha value is -2.34. The highest BCUT2D eigenvalue weighted by Crippen LogP contribution is 2.25. The van der Waals surface area contributed by atoms with E-state index < -0.39 is 0 Å². The maximum absolute atomic E-state index is 5.72. The molecule has 0 amide bonds. The lowest BCUT2D eigenvalue weighted by molar-refractivity contribution is -0.197. The van der Waals surface area contributed by atoms with Crippen molar-refractivity contribution >= 4 is 0 Å². The van der Waals surface area contributed by atoms with Crippen LogP contribution in [-0.2, 0) is 9.47 Å². The van der Waals surface area contributed by atoms with Crippen LogP contribution in [0.25, 0.3) is 0 Å². The second-order valence-corrected chi connectivity index (χ2v) is 5.73. The summed E-state index contributed by atoms with van der Waals surface area (Å²) in [6.45, 7) is 7.15. The van der Waals surface area contributed by atoms with Crippen molar-refractivity contribution in [3.63, 3.8) is 0 Å². The van der Waals surface area contributed by atoms with Crippen LogP contribution in [0.3, 0.4) is 0 Å². The van der Waals surface area contributed by atoms with Gasteiger partial charge in [0, 0.05) is 22.6 Å². The molecule has 0 saturated carbocycles. The van der Waals surface area contributed by atoms with Crippen LogP contribution in [0.1, 0.15) is 28.5 Å². The predicted molar refractivity (Wildman–Crippen MR) is 91.9 cm³/mol.